The van der Waals surface area contributed by atoms with Gasteiger partial charge >= 0.3 is 0 Å². The minimum atomic E-state index is -2.03. The maximum Gasteiger partial charge on any atom is 0.144 e. The smallest absolute Gasteiger partial charge is 0.144 e. The molecule has 0 aliphatic rings. The van der Waals surface area contributed by atoms with Gasteiger partial charge in [-0.2, -0.15) is 0 Å². The third-order valence-corrected chi connectivity index (χ3v) is 2.89. The summed E-state index contributed by atoms with van der Waals surface area (Å²) < 4.78 is 15.3. The van der Waals surface area contributed by atoms with Gasteiger partial charge in [-0.3, -0.25) is 0 Å². The predicted molar refractivity (Wildman–Crippen MR) is 70.7 cm³/mol. The molecule has 0 aromatic carbocycles. The second-order valence-electron chi connectivity index (χ2n) is 4.29. The van der Waals surface area contributed by atoms with E-state index in [0.29, 0.717) is 0 Å². The first-order chi connectivity index (χ1) is 10.1. The van der Waals surface area contributed by atoms with E-state index in [1.807, 2.05) is 0 Å². The van der Waals surface area contributed by atoms with Gasteiger partial charge in [-0.25, -0.2) is 0 Å². The summed E-state index contributed by atoms with van der Waals surface area (Å²) in [7, 11) is 0. The summed E-state index contributed by atoms with van der Waals surface area (Å²) >= 11 is 0. The Hall–Kier alpha value is -0.360. The first-order valence-corrected chi connectivity index (χ1v) is 6.68. The van der Waals surface area contributed by atoms with E-state index in [9.17, 15) is 20.4 Å². The number of hydrogen-bond acceptors (Lipinski definition) is 9. The van der Waals surface area contributed by atoms with Crippen LogP contribution in [0.25, 0.3) is 0 Å². The van der Waals surface area contributed by atoms with Gasteiger partial charge in [0.05, 0.1) is 59.5 Å². The summed E-state index contributed by atoms with van der Waals surface area (Å²) in [5, 5.41) is 55.5. The Kier molecular flexibility index (Phi) is 12.0. The average molecular weight is 314 g/mol. The zero-order chi connectivity index (χ0) is 16.1. The lowest BCUT2D eigenvalue weighted by Crippen LogP contribution is -2.60. The monoisotopic (exact) mass is 314 g/mol. The average Bonchev–Trinajstić information content (AvgIpc) is 2.51. The maximum absolute atomic E-state index is 10.4. The lowest BCUT2D eigenvalue weighted by Gasteiger charge is -2.38. The van der Waals surface area contributed by atoms with Crippen molar-refractivity contribution in [2.45, 2.75) is 17.8 Å². The molecule has 9 heteroatoms. The van der Waals surface area contributed by atoms with Crippen molar-refractivity contribution in [3.8, 4) is 0 Å². The molecule has 6 N–H and O–H groups in total. The molecule has 0 aliphatic heterocycles. The fourth-order valence-electron chi connectivity index (χ4n) is 1.73. The van der Waals surface area contributed by atoms with E-state index < -0.39 is 37.6 Å². The van der Waals surface area contributed by atoms with Gasteiger partial charge in [0.25, 0.3) is 0 Å². The Balaban J connectivity index is 4.56. The molecular formula is C12H26O9. The molecule has 0 rings (SSSR count). The molecule has 0 aliphatic carbocycles. The van der Waals surface area contributed by atoms with Crippen molar-refractivity contribution >= 4 is 0 Å². The van der Waals surface area contributed by atoms with Crippen LogP contribution in [0.3, 0.4) is 0 Å². The molecule has 0 radical (unpaired) electrons. The van der Waals surface area contributed by atoms with Gasteiger partial charge in [-0.15, -0.1) is 0 Å². The lowest BCUT2D eigenvalue weighted by atomic mass is 9.91. The molecule has 21 heavy (non-hydrogen) atoms. The van der Waals surface area contributed by atoms with Crippen molar-refractivity contribution in [3.05, 3.63) is 0 Å². The Labute approximate surface area is 123 Å². The number of hydrogen-bond donors (Lipinski definition) is 6. The molecule has 0 fully saturated rings. The normalized spacial score (nSPS) is 17.4. The Morgan fingerprint density at radius 1 is 0.714 bits per heavy atom. The maximum atomic E-state index is 10.4. The van der Waals surface area contributed by atoms with Crippen LogP contribution in [-0.2, 0) is 14.2 Å². The largest absolute Gasteiger partial charge is 0.394 e. The third kappa shape index (κ3) is 6.96. The van der Waals surface area contributed by atoms with Gasteiger partial charge in [0.2, 0.25) is 0 Å². The molecule has 3 atom stereocenters. The van der Waals surface area contributed by atoms with E-state index in [-0.39, 0.29) is 39.6 Å². The molecule has 3 unspecified atom stereocenters. The molecule has 0 aromatic rings. The van der Waals surface area contributed by atoms with Crippen LogP contribution >= 0.6 is 0 Å². The molecular weight excluding hydrogens is 288 g/mol. The van der Waals surface area contributed by atoms with Crippen LogP contribution in [0.15, 0.2) is 0 Å². The summed E-state index contributed by atoms with van der Waals surface area (Å²) in [6.07, 6.45) is -2.44. The van der Waals surface area contributed by atoms with E-state index in [0.717, 1.165) is 0 Å². The number of aliphatic hydroxyl groups excluding tert-OH is 5. The molecule has 9 nitrogen and oxygen atoms in total. The van der Waals surface area contributed by atoms with E-state index >= 15 is 0 Å². The zero-order valence-corrected chi connectivity index (χ0v) is 11.9. The second-order valence-corrected chi connectivity index (χ2v) is 4.29. The molecule has 0 spiro atoms. The van der Waals surface area contributed by atoms with Crippen LogP contribution in [0.1, 0.15) is 0 Å². The molecule has 0 amide bonds. The van der Waals surface area contributed by atoms with Gasteiger partial charge in [0, 0.05) is 0 Å². The number of aliphatic hydroxyl groups is 6. The van der Waals surface area contributed by atoms with Crippen molar-refractivity contribution in [2.75, 3.05) is 59.5 Å². The van der Waals surface area contributed by atoms with Gasteiger partial charge in [-0.05, 0) is 0 Å². The minimum absolute atomic E-state index is 0.00564. The third-order valence-electron chi connectivity index (χ3n) is 2.89. The minimum Gasteiger partial charge on any atom is -0.394 e. The SMILES string of the molecule is OCCOCCOC(CO)C(O)(CO)C(CO)OCCO. The molecule has 0 saturated heterocycles. The standard InChI is InChI=1S/C12H26O9/c13-1-3-19-5-6-21-11(8-16)12(18,9-17)10(7-15)20-4-2-14/h10-11,13-18H,1-9H2. The van der Waals surface area contributed by atoms with Gasteiger partial charge in [0.15, 0.2) is 0 Å². The van der Waals surface area contributed by atoms with Crippen molar-refractivity contribution in [1.82, 2.24) is 0 Å². The summed E-state index contributed by atoms with van der Waals surface area (Å²) in [5.41, 5.74) is -2.03. The van der Waals surface area contributed by atoms with Crippen LogP contribution in [-0.4, -0.2) is 108 Å². The van der Waals surface area contributed by atoms with Crippen LogP contribution in [0.2, 0.25) is 0 Å². The highest BCUT2D eigenvalue weighted by Crippen LogP contribution is 2.21. The fourth-order valence-corrected chi connectivity index (χ4v) is 1.73. The predicted octanol–water partition coefficient (Wildman–Crippen LogP) is -3.53. The summed E-state index contributed by atoms with van der Waals surface area (Å²) in [4.78, 5) is 0. The quantitative estimate of drug-likeness (QED) is 0.179. The van der Waals surface area contributed by atoms with Gasteiger partial charge in [-0.1, -0.05) is 0 Å². The topological polar surface area (TPSA) is 149 Å². The van der Waals surface area contributed by atoms with Crippen LogP contribution in [0.5, 0.6) is 0 Å². The Bertz CT molecular complexity index is 241. The highest BCUT2D eigenvalue weighted by atomic mass is 16.6. The second kappa shape index (κ2) is 12.2. The van der Waals surface area contributed by atoms with Crippen LogP contribution in [0.4, 0.5) is 0 Å². The fraction of sp³-hybridized carbons (Fsp3) is 1.00. The highest BCUT2D eigenvalue weighted by molar-refractivity contribution is 4.94. The number of rotatable bonds is 14. The summed E-state index contributed by atoms with van der Waals surface area (Å²) in [6.45, 7) is -2.39. The van der Waals surface area contributed by atoms with Crippen molar-refractivity contribution in [1.29, 1.82) is 0 Å². The highest BCUT2D eigenvalue weighted by Gasteiger charge is 2.45. The van der Waals surface area contributed by atoms with Gasteiger partial charge < -0.3 is 44.8 Å². The van der Waals surface area contributed by atoms with E-state index in [2.05, 4.69) is 0 Å². The van der Waals surface area contributed by atoms with Crippen molar-refractivity contribution in [2.24, 2.45) is 0 Å². The molecule has 0 bridgehead atoms. The first kappa shape index (κ1) is 20.6. The van der Waals surface area contributed by atoms with Crippen molar-refractivity contribution < 1.29 is 44.8 Å². The summed E-state index contributed by atoms with van der Waals surface area (Å²) in [5.74, 6) is 0. The van der Waals surface area contributed by atoms with Gasteiger partial charge in [0.1, 0.15) is 17.8 Å². The number of ether oxygens (including phenoxy) is 3. The molecule has 0 saturated carbocycles. The Morgan fingerprint density at radius 2 is 1.24 bits per heavy atom. The zero-order valence-electron chi connectivity index (χ0n) is 11.9. The lowest BCUT2D eigenvalue weighted by molar-refractivity contribution is -0.218. The van der Waals surface area contributed by atoms with E-state index in [1.54, 1.807) is 0 Å². The first-order valence-electron chi connectivity index (χ1n) is 6.68. The molecule has 0 heterocycles. The van der Waals surface area contributed by atoms with Crippen molar-refractivity contribution in [3.63, 3.8) is 0 Å². The molecule has 128 valence electrons. The summed E-state index contributed by atoms with van der Waals surface area (Å²) in [6, 6.07) is 0. The Morgan fingerprint density at radius 3 is 1.67 bits per heavy atom. The van der Waals surface area contributed by atoms with E-state index in [1.165, 1.54) is 0 Å². The molecule has 0 aromatic heterocycles. The van der Waals surface area contributed by atoms with E-state index in [4.69, 9.17) is 24.4 Å². The van der Waals surface area contributed by atoms with Crippen LogP contribution in [0, 0.1) is 0 Å². The van der Waals surface area contributed by atoms with Crippen LogP contribution < -0.4 is 0 Å².